The lowest BCUT2D eigenvalue weighted by atomic mass is 9.90. The smallest absolute Gasteiger partial charge is 0.0966 e. The van der Waals surface area contributed by atoms with Gasteiger partial charge in [-0.05, 0) is 90.4 Å². The molecule has 0 spiro atoms. The van der Waals surface area contributed by atoms with E-state index in [-0.39, 0.29) is 5.41 Å². The second-order valence-corrected chi connectivity index (χ2v) is 12.9. The van der Waals surface area contributed by atoms with E-state index < -0.39 is 0 Å². The van der Waals surface area contributed by atoms with Crippen molar-refractivity contribution in [1.82, 2.24) is 19.1 Å². The predicted molar refractivity (Wildman–Crippen MR) is 179 cm³/mol. The van der Waals surface area contributed by atoms with Crippen molar-refractivity contribution in [2.24, 2.45) is 5.41 Å². The van der Waals surface area contributed by atoms with Crippen LogP contribution in [0.5, 0.6) is 0 Å². The number of rotatable bonds is 4. The van der Waals surface area contributed by atoms with Crippen molar-refractivity contribution in [3.05, 3.63) is 126 Å². The van der Waals surface area contributed by atoms with Crippen LogP contribution in [0.15, 0.2) is 109 Å². The van der Waals surface area contributed by atoms with Crippen molar-refractivity contribution in [2.45, 2.75) is 40.0 Å². The van der Waals surface area contributed by atoms with E-state index >= 15 is 0 Å². The minimum atomic E-state index is 0.182. The molecule has 4 heteroatoms. The zero-order valence-electron chi connectivity index (χ0n) is 24.9. The molecule has 0 amide bonds. The van der Waals surface area contributed by atoms with Crippen LogP contribution in [0.1, 0.15) is 44.1 Å². The Hall–Kier alpha value is -4.96. The van der Waals surface area contributed by atoms with Crippen LogP contribution in [0, 0.1) is 5.41 Å². The lowest BCUT2D eigenvalue weighted by Crippen LogP contribution is -2.10. The predicted octanol–water partition coefficient (Wildman–Crippen LogP) is 9.73. The standard InChI is InChI=1S/C39H34N4/c1-39(2,3)25-28-20-21-36-38(41-28)32-16-5-7-18-34(32)43(36)30-14-9-12-27(24-30)26-11-8-13-29(23-26)42-33-17-6-4-15-31(33)37-35(42)19-10-22-40-37/h4-5,7-16,18-24H,6,17,25H2,1-3H3. The maximum atomic E-state index is 5.18. The Bertz CT molecular complexity index is 2200. The van der Waals surface area contributed by atoms with Gasteiger partial charge in [-0.15, -0.1) is 0 Å². The molecule has 4 nitrogen and oxygen atoms in total. The van der Waals surface area contributed by atoms with Crippen molar-refractivity contribution in [1.29, 1.82) is 0 Å². The number of benzene rings is 3. The molecule has 1 aliphatic rings. The summed E-state index contributed by atoms with van der Waals surface area (Å²) in [5.74, 6) is 0. The van der Waals surface area contributed by atoms with Crippen molar-refractivity contribution in [3.63, 3.8) is 0 Å². The number of pyridine rings is 2. The van der Waals surface area contributed by atoms with Crippen LogP contribution in [0.2, 0.25) is 0 Å². The molecule has 8 rings (SSSR count). The quantitative estimate of drug-likeness (QED) is 0.216. The van der Waals surface area contributed by atoms with E-state index in [1.165, 1.54) is 39.0 Å². The first kappa shape index (κ1) is 25.7. The Morgan fingerprint density at radius 1 is 0.698 bits per heavy atom. The van der Waals surface area contributed by atoms with E-state index in [0.717, 1.165) is 52.7 Å². The first-order valence-corrected chi connectivity index (χ1v) is 15.2. The number of para-hydroxylation sites is 1. The maximum absolute atomic E-state index is 5.18. The Balaban J connectivity index is 1.26. The molecule has 0 atom stereocenters. The Morgan fingerprint density at radius 2 is 1.42 bits per heavy atom. The molecule has 0 saturated carbocycles. The van der Waals surface area contributed by atoms with Gasteiger partial charge in [0.1, 0.15) is 0 Å². The molecule has 0 bridgehead atoms. The maximum Gasteiger partial charge on any atom is 0.0966 e. The number of hydrogen-bond donors (Lipinski definition) is 0. The zero-order chi connectivity index (χ0) is 29.1. The molecule has 0 radical (unpaired) electrons. The Labute approximate surface area is 252 Å². The van der Waals surface area contributed by atoms with E-state index in [9.17, 15) is 0 Å². The number of allylic oxidation sites excluding steroid dienone is 1. The Morgan fingerprint density at radius 3 is 2.21 bits per heavy atom. The average Bonchev–Trinajstić information content (AvgIpc) is 3.53. The second-order valence-electron chi connectivity index (χ2n) is 12.9. The summed E-state index contributed by atoms with van der Waals surface area (Å²) in [6.07, 6.45) is 9.41. The third kappa shape index (κ3) is 4.37. The highest BCUT2D eigenvalue weighted by molar-refractivity contribution is 6.07. The fraction of sp³-hybridized carbons (Fsp3) is 0.179. The lowest BCUT2D eigenvalue weighted by molar-refractivity contribution is 0.407. The highest BCUT2D eigenvalue weighted by Crippen LogP contribution is 2.36. The molecule has 1 aliphatic carbocycles. The SMILES string of the molecule is CC(C)(C)Cc1ccc2c(n1)c1ccccc1n2-c1cccc(-c2cccc(-n3c4c(c5ncccc53)C=CCC4)c2)c1. The summed E-state index contributed by atoms with van der Waals surface area (Å²) >= 11 is 0. The zero-order valence-corrected chi connectivity index (χ0v) is 24.9. The van der Waals surface area contributed by atoms with Gasteiger partial charge in [-0.2, -0.15) is 0 Å². The van der Waals surface area contributed by atoms with Gasteiger partial charge in [0.05, 0.1) is 27.6 Å². The molecule has 0 N–H and O–H groups in total. The van der Waals surface area contributed by atoms with Gasteiger partial charge in [-0.25, -0.2) is 0 Å². The van der Waals surface area contributed by atoms with Gasteiger partial charge in [-0.3, -0.25) is 9.97 Å². The van der Waals surface area contributed by atoms with E-state index in [2.05, 4.69) is 133 Å². The minimum absolute atomic E-state index is 0.182. The molecule has 210 valence electrons. The Kier molecular flexibility index (Phi) is 5.87. The second kappa shape index (κ2) is 9.81. The highest BCUT2D eigenvalue weighted by Gasteiger charge is 2.20. The van der Waals surface area contributed by atoms with Crippen molar-refractivity contribution in [2.75, 3.05) is 0 Å². The molecule has 43 heavy (non-hydrogen) atoms. The summed E-state index contributed by atoms with van der Waals surface area (Å²) in [5.41, 5.74) is 14.2. The molecule has 0 unspecified atom stereocenters. The molecule has 4 aromatic heterocycles. The third-order valence-electron chi connectivity index (χ3n) is 8.52. The molecule has 0 saturated heterocycles. The summed E-state index contributed by atoms with van der Waals surface area (Å²) in [6.45, 7) is 6.80. The molecular formula is C39H34N4. The summed E-state index contributed by atoms with van der Waals surface area (Å²) in [5, 5.41) is 1.19. The van der Waals surface area contributed by atoms with Crippen LogP contribution in [-0.4, -0.2) is 19.1 Å². The van der Waals surface area contributed by atoms with Crippen LogP contribution in [0.3, 0.4) is 0 Å². The molecule has 0 aliphatic heterocycles. The van der Waals surface area contributed by atoms with E-state index in [1.54, 1.807) is 0 Å². The first-order chi connectivity index (χ1) is 20.9. The van der Waals surface area contributed by atoms with E-state index in [0.29, 0.717) is 0 Å². The number of aromatic nitrogens is 4. The van der Waals surface area contributed by atoms with Gasteiger partial charge in [0, 0.05) is 39.9 Å². The number of hydrogen-bond acceptors (Lipinski definition) is 2. The van der Waals surface area contributed by atoms with Gasteiger partial charge < -0.3 is 9.13 Å². The van der Waals surface area contributed by atoms with Gasteiger partial charge >= 0.3 is 0 Å². The molecule has 3 aromatic carbocycles. The summed E-state index contributed by atoms with van der Waals surface area (Å²) in [6, 6.07) is 35.1. The van der Waals surface area contributed by atoms with E-state index in [4.69, 9.17) is 9.97 Å². The van der Waals surface area contributed by atoms with Crippen LogP contribution in [0.25, 0.3) is 61.5 Å². The van der Waals surface area contributed by atoms with E-state index in [1.807, 2.05) is 12.3 Å². The number of nitrogens with zero attached hydrogens (tertiary/aromatic N) is 4. The first-order valence-electron chi connectivity index (χ1n) is 15.2. The van der Waals surface area contributed by atoms with Crippen LogP contribution >= 0.6 is 0 Å². The summed E-state index contributed by atoms with van der Waals surface area (Å²) < 4.78 is 4.77. The minimum Gasteiger partial charge on any atom is -0.311 e. The van der Waals surface area contributed by atoms with Crippen LogP contribution < -0.4 is 0 Å². The molecular weight excluding hydrogens is 524 g/mol. The summed E-state index contributed by atoms with van der Waals surface area (Å²) in [4.78, 5) is 9.94. The highest BCUT2D eigenvalue weighted by atomic mass is 15.0. The molecule has 0 fully saturated rings. The van der Waals surface area contributed by atoms with Crippen molar-refractivity contribution >= 4 is 39.0 Å². The summed E-state index contributed by atoms with van der Waals surface area (Å²) in [7, 11) is 0. The van der Waals surface area contributed by atoms with Gasteiger partial charge in [0.2, 0.25) is 0 Å². The lowest BCUT2D eigenvalue weighted by Gasteiger charge is -2.17. The van der Waals surface area contributed by atoms with Gasteiger partial charge in [0.15, 0.2) is 0 Å². The molecule has 7 aromatic rings. The monoisotopic (exact) mass is 558 g/mol. The fourth-order valence-corrected chi connectivity index (χ4v) is 6.76. The van der Waals surface area contributed by atoms with Crippen LogP contribution in [-0.2, 0) is 12.8 Å². The topological polar surface area (TPSA) is 35.6 Å². The van der Waals surface area contributed by atoms with Crippen molar-refractivity contribution in [3.8, 4) is 22.5 Å². The average molecular weight is 559 g/mol. The van der Waals surface area contributed by atoms with Crippen molar-refractivity contribution < 1.29 is 0 Å². The normalized spacial score (nSPS) is 13.3. The van der Waals surface area contributed by atoms with Gasteiger partial charge in [0.25, 0.3) is 0 Å². The van der Waals surface area contributed by atoms with Gasteiger partial charge in [-0.1, -0.05) is 75.4 Å². The third-order valence-corrected chi connectivity index (χ3v) is 8.52. The number of fused-ring (bicyclic) bond motifs is 6. The fourth-order valence-electron chi connectivity index (χ4n) is 6.76. The largest absolute Gasteiger partial charge is 0.311 e. The molecule has 4 heterocycles. The van der Waals surface area contributed by atoms with Crippen LogP contribution in [0.4, 0.5) is 0 Å².